The Morgan fingerprint density at radius 1 is 1.20 bits per heavy atom. The normalized spacial score (nSPS) is 11.1. The molecule has 0 aliphatic carbocycles. The third kappa shape index (κ3) is 4.22. The van der Waals surface area contributed by atoms with Gasteiger partial charge in [0, 0.05) is 18.1 Å². The van der Waals surface area contributed by atoms with Crippen LogP contribution in [-0.2, 0) is 19.5 Å². The summed E-state index contributed by atoms with van der Waals surface area (Å²) in [6, 6.07) is 7.01. The number of benzene rings is 1. The second-order valence-corrected chi connectivity index (χ2v) is 7.96. The molecule has 0 spiro atoms. The highest BCUT2D eigenvalue weighted by Gasteiger charge is 2.22. The van der Waals surface area contributed by atoms with Gasteiger partial charge in [-0.1, -0.05) is 29.8 Å². The molecule has 3 rings (SSSR count). The molecule has 2 aromatic heterocycles. The Balaban J connectivity index is 2.16. The first-order valence-electron chi connectivity index (χ1n) is 8.97. The van der Waals surface area contributed by atoms with Crippen molar-refractivity contribution in [3.8, 4) is 0 Å². The predicted octanol–water partition coefficient (Wildman–Crippen LogP) is 4.30. The Morgan fingerprint density at radius 2 is 1.90 bits per heavy atom. The van der Waals surface area contributed by atoms with Gasteiger partial charge < -0.3 is 5.11 Å². The van der Waals surface area contributed by atoms with E-state index in [1.54, 1.807) is 24.3 Å². The van der Waals surface area contributed by atoms with Crippen LogP contribution in [0.1, 0.15) is 27.2 Å². The lowest BCUT2D eigenvalue weighted by atomic mass is 10.1. The lowest BCUT2D eigenvalue weighted by Crippen LogP contribution is -2.40. The summed E-state index contributed by atoms with van der Waals surface area (Å²) < 4.78 is 27.1. The van der Waals surface area contributed by atoms with Gasteiger partial charge in [-0.3, -0.25) is 13.9 Å². The molecule has 0 saturated heterocycles. The number of fused-ring (bicyclic) bond motifs is 1. The summed E-state index contributed by atoms with van der Waals surface area (Å²) in [6.07, 6.45) is -1.04. The van der Waals surface area contributed by atoms with E-state index in [1.165, 1.54) is 11.5 Å². The molecule has 2 heterocycles. The number of nitrogens with zero attached hydrogens (tertiary/aromatic N) is 2. The van der Waals surface area contributed by atoms with Crippen LogP contribution in [0.15, 0.2) is 46.0 Å². The van der Waals surface area contributed by atoms with E-state index in [-0.39, 0.29) is 40.2 Å². The molecule has 10 heteroatoms. The number of aromatic nitrogens is 2. The highest BCUT2D eigenvalue weighted by molar-refractivity contribution is 7.20. The third-order valence-corrected chi connectivity index (χ3v) is 6.37. The van der Waals surface area contributed by atoms with Crippen molar-refractivity contribution in [2.24, 2.45) is 0 Å². The summed E-state index contributed by atoms with van der Waals surface area (Å²) in [6.45, 7) is 1.40. The number of carboxylic acids is 1. The van der Waals surface area contributed by atoms with E-state index in [2.05, 4.69) is 0 Å². The first-order chi connectivity index (χ1) is 14.2. The maximum atomic E-state index is 13.0. The number of hydrogen-bond donors (Lipinski definition) is 1. The van der Waals surface area contributed by atoms with E-state index < -0.39 is 23.3 Å². The van der Waals surface area contributed by atoms with E-state index in [4.69, 9.17) is 11.6 Å². The highest BCUT2D eigenvalue weighted by Crippen LogP contribution is 2.28. The average molecular weight is 455 g/mol. The SMILES string of the molecule is Cc1c(C(=O)O)sc2c1c(=O)n(CCc1ccccc1Cl)c(=O)n2CCC=C(F)F. The standard InChI is InChI=1S/C20H17ClF2N2O4S/c1-11-15-17(26)24(10-8-12-5-2-3-6-13(12)21)20(29)25(9-4-7-14(22)23)18(15)30-16(11)19(27)28/h2-3,5-7H,4,8-10H2,1H3,(H,27,28). The van der Waals surface area contributed by atoms with Crippen LogP contribution in [0.2, 0.25) is 5.02 Å². The second kappa shape index (κ2) is 8.93. The van der Waals surface area contributed by atoms with Crippen LogP contribution < -0.4 is 11.2 Å². The maximum absolute atomic E-state index is 13.0. The van der Waals surface area contributed by atoms with Crippen LogP contribution in [0.4, 0.5) is 8.78 Å². The Labute approximate surface area is 178 Å². The minimum Gasteiger partial charge on any atom is -0.477 e. The second-order valence-electron chi connectivity index (χ2n) is 6.56. The summed E-state index contributed by atoms with van der Waals surface area (Å²) in [5.41, 5.74) is -0.287. The summed E-state index contributed by atoms with van der Waals surface area (Å²) in [5.74, 6) is -1.22. The van der Waals surface area contributed by atoms with Gasteiger partial charge in [0.1, 0.15) is 9.71 Å². The number of thiophene rings is 1. The summed E-state index contributed by atoms with van der Waals surface area (Å²) in [5, 5.41) is 10.0. The van der Waals surface area contributed by atoms with E-state index in [0.717, 1.165) is 21.5 Å². The molecule has 1 aromatic carbocycles. The molecular formula is C20H17ClF2N2O4S. The minimum atomic E-state index is -1.88. The Hall–Kier alpha value is -2.78. The Bertz CT molecular complexity index is 1270. The number of carbonyl (C=O) groups is 1. The molecule has 30 heavy (non-hydrogen) atoms. The van der Waals surface area contributed by atoms with Gasteiger partial charge in [-0.2, -0.15) is 8.78 Å². The van der Waals surface area contributed by atoms with Crippen LogP contribution in [0.25, 0.3) is 10.2 Å². The number of allylic oxidation sites excluding steroid dienone is 1. The van der Waals surface area contributed by atoms with Crippen LogP contribution in [0, 0.1) is 6.92 Å². The molecule has 0 fully saturated rings. The molecule has 0 unspecified atom stereocenters. The summed E-state index contributed by atoms with van der Waals surface area (Å²) in [7, 11) is 0. The van der Waals surface area contributed by atoms with Gasteiger partial charge in [-0.25, -0.2) is 9.59 Å². The number of aromatic carboxylic acids is 1. The van der Waals surface area contributed by atoms with Crippen molar-refractivity contribution >= 4 is 39.1 Å². The summed E-state index contributed by atoms with van der Waals surface area (Å²) >= 11 is 6.94. The van der Waals surface area contributed by atoms with Crippen LogP contribution in [0.5, 0.6) is 0 Å². The molecule has 1 N–H and O–H groups in total. The maximum Gasteiger partial charge on any atom is 0.346 e. The molecule has 0 bridgehead atoms. The van der Waals surface area contributed by atoms with Crippen LogP contribution in [0.3, 0.4) is 0 Å². The molecule has 0 aliphatic heterocycles. The lowest BCUT2D eigenvalue weighted by Gasteiger charge is -2.12. The van der Waals surface area contributed by atoms with Gasteiger partial charge in [-0.15, -0.1) is 11.3 Å². The van der Waals surface area contributed by atoms with Crippen molar-refractivity contribution in [1.82, 2.24) is 9.13 Å². The molecule has 3 aromatic rings. The number of halogens is 3. The van der Waals surface area contributed by atoms with Crippen molar-refractivity contribution in [3.05, 3.63) is 78.3 Å². The quantitative estimate of drug-likeness (QED) is 0.577. The topological polar surface area (TPSA) is 81.3 Å². The van der Waals surface area contributed by atoms with E-state index in [9.17, 15) is 28.3 Å². The molecule has 0 radical (unpaired) electrons. The van der Waals surface area contributed by atoms with Crippen LogP contribution in [-0.4, -0.2) is 20.2 Å². The molecule has 0 saturated carbocycles. The van der Waals surface area contributed by atoms with Gasteiger partial charge in [-0.05, 0) is 43.0 Å². The smallest absolute Gasteiger partial charge is 0.346 e. The van der Waals surface area contributed by atoms with Crippen LogP contribution >= 0.6 is 22.9 Å². The zero-order valence-electron chi connectivity index (χ0n) is 15.8. The predicted molar refractivity (Wildman–Crippen MR) is 112 cm³/mol. The summed E-state index contributed by atoms with van der Waals surface area (Å²) in [4.78, 5) is 37.7. The lowest BCUT2D eigenvalue weighted by molar-refractivity contribution is 0.0701. The van der Waals surface area contributed by atoms with Crippen molar-refractivity contribution in [3.63, 3.8) is 0 Å². The first kappa shape index (κ1) is 21.9. The van der Waals surface area contributed by atoms with Crippen molar-refractivity contribution in [2.45, 2.75) is 32.9 Å². The van der Waals surface area contributed by atoms with Gasteiger partial charge >= 0.3 is 11.7 Å². The van der Waals surface area contributed by atoms with Crippen molar-refractivity contribution in [2.75, 3.05) is 0 Å². The zero-order valence-corrected chi connectivity index (χ0v) is 17.4. The molecule has 0 amide bonds. The van der Waals surface area contributed by atoms with Gasteiger partial charge in [0.2, 0.25) is 0 Å². The molecule has 0 aliphatic rings. The fraction of sp³-hybridized carbons (Fsp3) is 0.250. The average Bonchev–Trinajstić information content (AvgIpc) is 3.03. The zero-order chi connectivity index (χ0) is 22.0. The third-order valence-electron chi connectivity index (χ3n) is 4.70. The Kier molecular flexibility index (Phi) is 6.52. The van der Waals surface area contributed by atoms with E-state index in [0.29, 0.717) is 17.5 Å². The number of rotatable bonds is 7. The van der Waals surface area contributed by atoms with E-state index in [1.807, 2.05) is 0 Å². The fourth-order valence-electron chi connectivity index (χ4n) is 3.23. The molecule has 158 valence electrons. The highest BCUT2D eigenvalue weighted by atomic mass is 35.5. The molecular weight excluding hydrogens is 438 g/mol. The van der Waals surface area contributed by atoms with Gasteiger partial charge in [0.25, 0.3) is 11.6 Å². The number of carboxylic acid groups (broad SMARTS) is 1. The van der Waals surface area contributed by atoms with Gasteiger partial charge in [0.15, 0.2) is 0 Å². The van der Waals surface area contributed by atoms with Gasteiger partial charge in [0.05, 0.1) is 5.39 Å². The van der Waals surface area contributed by atoms with E-state index >= 15 is 0 Å². The Morgan fingerprint density at radius 3 is 2.53 bits per heavy atom. The monoisotopic (exact) mass is 454 g/mol. The molecule has 0 atom stereocenters. The minimum absolute atomic E-state index is 0.0162. The fourth-order valence-corrected chi connectivity index (χ4v) is 4.62. The molecule has 6 nitrogen and oxygen atoms in total. The number of hydrogen-bond acceptors (Lipinski definition) is 4. The first-order valence-corrected chi connectivity index (χ1v) is 10.2. The largest absolute Gasteiger partial charge is 0.477 e. The van der Waals surface area contributed by atoms with Crippen molar-refractivity contribution < 1.29 is 18.7 Å². The van der Waals surface area contributed by atoms with Crippen molar-refractivity contribution in [1.29, 1.82) is 0 Å². The number of aryl methyl sites for hydroxylation is 3.